The second kappa shape index (κ2) is 56.9. The highest BCUT2D eigenvalue weighted by molar-refractivity contribution is 5.76. The van der Waals surface area contributed by atoms with Crippen LogP contribution in [0.2, 0.25) is 0 Å². The van der Waals surface area contributed by atoms with Gasteiger partial charge in [-0.1, -0.05) is 287 Å². The molecule has 394 valence electrons. The Morgan fingerprint density at radius 3 is 0.955 bits per heavy atom. The summed E-state index contributed by atoms with van der Waals surface area (Å²) in [6, 6.07) is -0.768. The fraction of sp³-hybridized carbons (Fsp3) is 0.855. The Labute approximate surface area is 418 Å². The molecule has 3 unspecified atom stereocenters. The molecule has 0 rings (SSSR count). The minimum Gasteiger partial charge on any atom is -0.394 e. The lowest BCUT2D eigenvalue weighted by Crippen LogP contribution is -2.45. The molecule has 0 radical (unpaired) electrons. The van der Waals surface area contributed by atoms with Crippen LogP contribution in [0.25, 0.3) is 0 Å². The minimum atomic E-state index is -0.961. The number of allylic oxidation sites excluding steroid dienone is 7. The first-order valence-electron chi connectivity index (χ1n) is 29.9. The molecule has 0 aliphatic carbocycles. The molecule has 0 aromatic heterocycles. The number of carbonyl (C=O) groups excluding carboxylic acids is 1. The Bertz CT molecular complexity index is 1080. The molecule has 0 aromatic carbocycles. The van der Waals surface area contributed by atoms with E-state index in [1.54, 1.807) is 6.08 Å². The Hall–Kier alpha value is -1.69. The molecule has 5 nitrogen and oxygen atoms in total. The fourth-order valence-corrected chi connectivity index (χ4v) is 9.25. The highest BCUT2D eigenvalue weighted by Crippen LogP contribution is 2.17. The van der Waals surface area contributed by atoms with Crippen molar-refractivity contribution in [1.82, 2.24) is 5.32 Å². The quantitative estimate of drug-likeness (QED) is 0.0361. The van der Waals surface area contributed by atoms with Gasteiger partial charge in [0.2, 0.25) is 5.91 Å². The van der Waals surface area contributed by atoms with Gasteiger partial charge in [-0.05, 0) is 70.6 Å². The van der Waals surface area contributed by atoms with Crippen molar-refractivity contribution in [2.24, 2.45) is 0 Å². The average molecular weight is 941 g/mol. The van der Waals surface area contributed by atoms with Crippen molar-refractivity contribution in [3.8, 4) is 0 Å². The van der Waals surface area contributed by atoms with Crippen molar-refractivity contribution >= 4 is 5.91 Å². The van der Waals surface area contributed by atoms with E-state index in [4.69, 9.17) is 0 Å². The van der Waals surface area contributed by atoms with Gasteiger partial charge < -0.3 is 20.6 Å². The first kappa shape index (κ1) is 65.3. The van der Waals surface area contributed by atoms with E-state index >= 15 is 0 Å². The standard InChI is InChI=1S/C62H117NO4/c1-3-5-7-9-11-13-15-17-19-21-22-23-24-25-26-27-28-29-30-31-32-33-34-35-36-37-38-40-41-43-45-47-49-51-53-55-59(65)57-62(67)63-60(58-64)61(66)56-54-52-50-48-46-44-42-39-20-18-16-14-12-10-8-6-4-2/h20,29-30,39,46,48,54,56,59-61,64-66H,3-19,21-28,31-38,40-45,47,49-53,55,57-58H2,1-2H3,(H,63,67)/b30-29-,39-20+,48-46+,56-54+. The van der Waals surface area contributed by atoms with Crippen molar-refractivity contribution < 1.29 is 20.1 Å². The van der Waals surface area contributed by atoms with Gasteiger partial charge in [0.25, 0.3) is 0 Å². The number of unbranched alkanes of at least 4 members (excludes halogenated alkanes) is 40. The number of hydrogen-bond donors (Lipinski definition) is 4. The zero-order valence-electron chi connectivity index (χ0n) is 45.0. The lowest BCUT2D eigenvalue weighted by molar-refractivity contribution is -0.124. The molecule has 0 heterocycles. The molecule has 0 spiro atoms. The molecule has 3 atom stereocenters. The predicted molar refractivity (Wildman–Crippen MR) is 296 cm³/mol. The second-order valence-corrected chi connectivity index (χ2v) is 20.6. The number of aliphatic hydroxyl groups excluding tert-OH is 3. The van der Waals surface area contributed by atoms with E-state index < -0.39 is 18.2 Å². The summed E-state index contributed by atoms with van der Waals surface area (Å²) in [5.74, 6) is -0.327. The molecule has 1 amide bonds. The molecule has 5 heteroatoms. The van der Waals surface area contributed by atoms with Crippen molar-refractivity contribution in [3.05, 3.63) is 48.6 Å². The van der Waals surface area contributed by atoms with Gasteiger partial charge in [0.1, 0.15) is 0 Å². The third-order valence-corrected chi connectivity index (χ3v) is 13.8. The SMILES string of the molecule is CCCCCCCCC/C=C/CC/C=C/CC/C=C/C(O)C(CO)NC(=O)CC(O)CCCCCCCCCCCCCCCCC/C=C\CCCCCCCCCCCCCCCCCC. The van der Waals surface area contributed by atoms with Crippen LogP contribution in [0.15, 0.2) is 48.6 Å². The highest BCUT2D eigenvalue weighted by Gasteiger charge is 2.20. The molecule has 0 fully saturated rings. The van der Waals surface area contributed by atoms with Gasteiger partial charge in [0.15, 0.2) is 0 Å². The average Bonchev–Trinajstić information content (AvgIpc) is 3.32. The zero-order valence-corrected chi connectivity index (χ0v) is 45.0. The summed E-state index contributed by atoms with van der Waals surface area (Å²) in [7, 11) is 0. The van der Waals surface area contributed by atoms with E-state index in [9.17, 15) is 20.1 Å². The summed E-state index contributed by atoms with van der Waals surface area (Å²) in [5.41, 5.74) is 0. The van der Waals surface area contributed by atoms with E-state index in [0.717, 1.165) is 38.5 Å². The normalized spacial score (nSPS) is 13.6. The van der Waals surface area contributed by atoms with Gasteiger partial charge in [-0.25, -0.2) is 0 Å². The molecule has 0 saturated carbocycles. The molecule has 4 N–H and O–H groups in total. The van der Waals surface area contributed by atoms with Crippen LogP contribution >= 0.6 is 0 Å². The van der Waals surface area contributed by atoms with E-state index in [1.165, 1.54) is 250 Å². The fourth-order valence-electron chi connectivity index (χ4n) is 9.25. The van der Waals surface area contributed by atoms with Crippen LogP contribution in [-0.4, -0.2) is 46.1 Å². The minimum absolute atomic E-state index is 0.00328. The van der Waals surface area contributed by atoms with Crippen molar-refractivity contribution in [2.45, 2.75) is 334 Å². The van der Waals surface area contributed by atoms with Crippen LogP contribution < -0.4 is 5.32 Å². The number of hydrogen-bond acceptors (Lipinski definition) is 4. The maximum absolute atomic E-state index is 12.5. The van der Waals surface area contributed by atoms with E-state index in [0.29, 0.717) is 6.42 Å². The van der Waals surface area contributed by atoms with Crippen LogP contribution in [0.4, 0.5) is 0 Å². The van der Waals surface area contributed by atoms with Crippen LogP contribution in [0.3, 0.4) is 0 Å². The van der Waals surface area contributed by atoms with Gasteiger partial charge in [-0.3, -0.25) is 4.79 Å². The maximum Gasteiger partial charge on any atom is 0.222 e. The molecule has 0 aliphatic rings. The summed E-state index contributed by atoms with van der Waals surface area (Å²) < 4.78 is 0. The van der Waals surface area contributed by atoms with Crippen LogP contribution in [0, 0.1) is 0 Å². The van der Waals surface area contributed by atoms with E-state index in [2.05, 4.69) is 55.6 Å². The summed E-state index contributed by atoms with van der Waals surface area (Å²) in [4.78, 5) is 12.5. The van der Waals surface area contributed by atoms with Crippen LogP contribution in [-0.2, 0) is 4.79 Å². The number of nitrogens with one attached hydrogen (secondary N) is 1. The van der Waals surface area contributed by atoms with Crippen molar-refractivity contribution in [2.75, 3.05) is 6.61 Å². The Morgan fingerprint density at radius 2 is 0.642 bits per heavy atom. The third-order valence-electron chi connectivity index (χ3n) is 13.8. The monoisotopic (exact) mass is 940 g/mol. The second-order valence-electron chi connectivity index (χ2n) is 20.6. The number of carbonyl (C=O) groups is 1. The summed E-state index contributed by atoms with van der Waals surface area (Å²) >= 11 is 0. The molecular weight excluding hydrogens is 823 g/mol. The van der Waals surface area contributed by atoms with Gasteiger partial charge in [-0.2, -0.15) is 0 Å². The summed E-state index contributed by atoms with van der Waals surface area (Å²) in [6.07, 6.45) is 76.1. The maximum atomic E-state index is 12.5. The van der Waals surface area contributed by atoms with Crippen LogP contribution in [0.5, 0.6) is 0 Å². The summed E-state index contributed by atoms with van der Waals surface area (Å²) in [6.45, 7) is 4.22. The number of amides is 1. The van der Waals surface area contributed by atoms with Gasteiger partial charge >= 0.3 is 0 Å². The van der Waals surface area contributed by atoms with Crippen LogP contribution in [0.1, 0.15) is 316 Å². The molecule has 0 saturated heterocycles. The lowest BCUT2D eigenvalue weighted by Gasteiger charge is -2.21. The third kappa shape index (κ3) is 53.5. The Morgan fingerprint density at radius 1 is 0.373 bits per heavy atom. The zero-order chi connectivity index (χ0) is 48.6. The molecule has 0 aliphatic heterocycles. The molecule has 67 heavy (non-hydrogen) atoms. The number of rotatable bonds is 55. The lowest BCUT2D eigenvalue weighted by atomic mass is 10.0. The molecular formula is C62H117NO4. The van der Waals surface area contributed by atoms with Crippen molar-refractivity contribution in [3.63, 3.8) is 0 Å². The van der Waals surface area contributed by atoms with Gasteiger partial charge in [-0.15, -0.1) is 0 Å². The smallest absolute Gasteiger partial charge is 0.222 e. The Kier molecular flexibility index (Phi) is 55.5. The molecule has 0 aromatic rings. The molecule has 0 bridgehead atoms. The van der Waals surface area contributed by atoms with Crippen molar-refractivity contribution in [1.29, 1.82) is 0 Å². The first-order valence-corrected chi connectivity index (χ1v) is 29.9. The highest BCUT2D eigenvalue weighted by atomic mass is 16.3. The van der Waals surface area contributed by atoms with E-state index in [-0.39, 0.29) is 18.9 Å². The van der Waals surface area contributed by atoms with E-state index in [1.807, 2.05) is 6.08 Å². The Balaban J connectivity index is 3.52. The summed E-state index contributed by atoms with van der Waals surface area (Å²) in [5, 5.41) is 33.4. The van der Waals surface area contributed by atoms with Gasteiger partial charge in [0, 0.05) is 0 Å². The van der Waals surface area contributed by atoms with Gasteiger partial charge in [0.05, 0.1) is 31.3 Å². The largest absolute Gasteiger partial charge is 0.394 e. The number of aliphatic hydroxyl groups is 3. The topological polar surface area (TPSA) is 89.8 Å². The first-order chi connectivity index (χ1) is 33.0. The predicted octanol–water partition coefficient (Wildman–Crippen LogP) is 18.8.